The number of aromatic nitrogens is 2. The molecule has 1 heterocycles. The van der Waals surface area contributed by atoms with Gasteiger partial charge in [0.1, 0.15) is 5.82 Å². The zero-order valence-corrected chi connectivity index (χ0v) is 12.8. The molecule has 1 N–H and O–H groups in total. The molecule has 0 aliphatic heterocycles. The van der Waals surface area contributed by atoms with Crippen molar-refractivity contribution >= 4 is 16.6 Å². The molecule has 0 saturated carbocycles. The molecule has 22 heavy (non-hydrogen) atoms. The Kier molecular flexibility index (Phi) is 3.92. The van der Waals surface area contributed by atoms with Gasteiger partial charge in [0.05, 0.1) is 10.9 Å². The summed E-state index contributed by atoms with van der Waals surface area (Å²) in [5.74, 6) is 0.746. The number of nitrogens with one attached hydrogen (secondary N) is 1. The van der Waals surface area contributed by atoms with Crippen molar-refractivity contribution in [1.82, 2.24) is 9.55 Å². The number of benzene rings is 2. The smallest absolute Gasteiger partial charge is 0.261 e. The molecular weight excluding hydrogens is 274 g/mol. The van der Waals surface area contributed by atoms with Crippen molar-refractivity contribution in [3.63, 3.8) is 0 Å². The second-order valence-electron chi connectivity index (χ2n) is 5.37. The third-order valence-electron chi connectivity index (χ3n) is 3.85. The summed E-state index contributed by atoms with van der Waals surface area (Å²) in [5, 5.41) is 4.05. The number of aryl methyl sites for hydroxylation is 2. The van der Waals surface area contributed by atoms with Crippen LogP contribution in [-0.2, 0) is 6.54 Å². The van der Waals surface area contributed by atoms with Gasteiger partial charge in [-0.15, -0.1) is 0 Å². The molecule has 0 saturated heterocycles. The Labute approximate surface area is 129 Å². The van der Waals surface area contributed by atoms with Crippen LogP contribution in [0.1, 0.15) is 11.4 Å². The molecule has 0 amide bonds. The van der Waals surface area contributed by atoms with Gasteiger partial charge in [0.2, 0.25) is 0 Å². The molecule has 0 aliphatic rings. The van der Waals surface area contributed by atoms with Crippen LogP contribution in [0, 0.1) is 13.8 Å². The van der Waals surface area contributed by atoms with Crippen LogP contribution in [0.25, 0.3) is 10.9 Å². The molecule has 3 rings (SSSR count). The fourth-order valence-electron chi connectivity index (χ4n) is 2.62. The second-order valence-corrected chi connectivity index (χ2v) is 5.37. The van der Waals surface area contributed by atoms with Gasteiger partial charge in [-0.05, 0) is 37.6 Å². The monoisotopic (exact) mass is 293 g/mol. The first-order valence-corrected chi connectivity index (χ1v) is 7.42. The first kappa shape index (κ1) is 14.3. The summed E-state index contributed by atoms with van der Waals surface area (Å²) in [5.41, 5.74) is 3.08. The van der Waals surface area contributed by atoms with E-state index in [2.05, 4.69) is 23.3 Å². The van der Waals surface area contributed by atoms with Gasteiger partial charge in [0.25, 0.3) is 5.56 Å². The van der Waals surface area contributed by atoms with Gasteiger partial charge in [-0.2, -0.15) is 0 Å². The van der Waals surface area contributed by atoms with Crippen LogP contribution in [0.4, 0.5) is 5.69 Å². The lowest BCUT2D eigenvalue weighted by Gasteiger charge is -2.13. The number of rotatable bonds is 4. The Morgan fingerprint density at radius 2 is 1.77 bits per heavy atom. The summed E-state index contributed by atoms with van der Waals surface area (Å²) in [4.78, 5) is 17.1. The van der Waals surface area contributed by atoms with Gasteiger partial charge in [-0.25, -0.2) is 4.98 Å². The van der Waals surface area contributed by atoms with E-state index in [0.29, 0.717) is 18.5 Å². The van der Waals surface area contributed by atoms with Crippen LogP contribution in [0.15, 0.2) is 53.3 Å². The molecule has 0 fully saturated rings. The molecule has 4 heteroatoms. The maximum Gasteiger partial charge on any atom is 0.261 e. The number of para-hydroxylation sites is 2. The van der Waals surface area contributed by atoms with Crippen molar-refractivity contribution in [3.05, 3.63) is 70.3 Å². The lowest BCUT2D eigenvalue weighted by Crippen LogP contribution is -2.27. The first-order valence-electron chi connectivity index (χ1n) is 7.42. The molecule has 0 radical (unpaired) electrons. The van der Waals surface area contributed by atoms with Gasteiger partial charge >= 0.3 is 0 Å². The van der Waals surface area contributed by atoms with Crippen LogP contribution in [-0.4, -0.2) is 16.1 Å². The zero-order chi connectivity index (χ0) is 15.5. The molecule has 0 bridgehead atoms. The summed E-state index contributed by atoms with van der Waals surface area (Å²) in [6.07, 6.45) is 0. The number of hydrogen-bond donors (Lipinski definition) is 1. The van der Waals surface area contributed by atoms with Crippen molar-refractivity contribution < 1.29 is 0 Å². The first-order chi connectivity index (χ1) is 10.7. The highest BCUT2D eigenvalue weighted by molar-refractivity contribution is 5.77. The molecule has 0 spiro atoms. The third kappa shape index (κ3) is 2.72. The van der Waals surface area contributed by atoms with E-state index in [1.54, 1.807) is 4.57 Å². The Bertz CT molecular complexity index is 868. The highest BCUT2D eigenvalue weighted by Crippen LogP contribution is 2.13. The third-order valence-corrected chi connectivity index (χ3v) is 3.85. The molecule has 1 aromatic heterocycles. The Hall–Kier alpha value is -2.62. The molecule has 0 aliphatic carbocycles. The number of fused-ring (bicyclic) bond motifs is 1. The second kappa shape index (κ2) is 6.02. The molecule has 2 aromatic carbocycles. The maximum absolute atomic E-state index is 12.6. The lowest BCUT2D eigenvalue weighted by atomic mass is 10.2. The molecule has 3 aromatic rings. The lowest BCUT2D eigenvalue weighted by molar-refractivity contribution is 0.662. The summed E-state index contributed by atoms with van der Waals surface area (Å²) >= 11 is 0. The average molecular weight is 293 g/mol. The summed E-state index contributed by atoms with van der Waals surface area (Å²) in [6, 6.07) is 15.6. The van der Waals surface area contributed by atoms with Crippen molar-refractivity contribution in [3.8, 4) is 0 Å². The van der Waals surface area contributed by atoms with E-state index in [4.69, 9.17) is 0 Å². The van der Waals surface area contributed by atoms with Crippen LogP contribution in [0.5, 0.6) is 0 Å². The minimum Gasteiger partial charge on any atom is -0.383 e. The SMILES string of the molecule is Cc1ccccc1NCCn1c(C)nc2ccccc2c1=O. The molecule has 0 unspecified atom stereocenters. The summed E-state index contributed by atoms with van der Waals surface area (Å²) < 4.78 is 1.73. The van der Waals surface area contributed by atoms with E-state index >= 15 is 0 Å². The summed E-state index contributed by atoms with van der Waals surface area (Å²) in [7, 11) is 0. The fourth-order valence-corrected chi connectivity index (χ4v) is 2.62. The Balaban J connectivity index is 1.82. The highest BCUT2D eigenvalue weighted by atomic mass is 16.1. The molecular formula is C18H19N3O. The highest BCUT2D eigenvalue weighted by Gasteiger charge is 2.07. The maximum atomic E-state index is 12.6. The minimum absolute atomic E-state index is 0.0229. The van der Waals surface area contributed by atoms with E-state index in [0.717, 1.165) is 17.0 Å². The van der Waals surface area contributed by atoms with Crippen LogP contribution < -0.4 is 10.9 Å². The Morgan fingerprint density at radius 3 is 2.59 bits per heavy atom. The van der Waals surface area contributed by atoms with E-state index < -0.39 is 0 Å². The number of nitrogens with zero attached hydrogens (tertiary/aromatic N) is 2. The quantitative estimate of drug-likeness (QED) is 0.804. The van der Waals surface area contributed by atoms with Gasteiger partial charge in [-0.3, -0.25) is 9.36 Å². The van der Waals surface area contributed by atoms with Gasteiger partial charge in [-0.1, -0.05) is 30.3 Å². The van der Waals surface area contributed by atoms with Gasteiger partial charge in [0.15, 0.2) is 0 Å². The predicted octanol–water partition coefficient (Wildman–Crippen LogP) is 3.13. The zero-order valence-electron chi connectivity index (χ0n) is 12.8. The Morgan fingerprint density at radius 1 is 1.05 bits per heavy atom. The normalized spacial score (nSPS) is 10.8. The minimum atomic E-state index is 0.0229. The fraction of sp³-hybridized carbons (Fsp3) is 0.222. The van der Waals surface area contributed by atoms with Crippen molar-refractivity contribution in [2.24, 2.45) is 0 Å². The predicted molar refractivity (Wildman–Crippen MR) is 90.4 cm³/mol. The van der Waals surface area contributed by atoms with Crippen LogP contribution in [0.3, 0.4) is 0 Å². The van der Waals surface area contributed by atoms with Crippen molar-refractivity contribution in [2.75, 3.05) is 11.9 Å². The van der Waals surface area contributed by atoms with Crippen LogP contribution >= 0.6 is 0 Å². The van der Waals surface area contributed by atoms with Crippen molar-refractivity contribution in [2.45, 2.75) is 20.4 Å². The van der Waals surface area contributed by atoms with Crippen molar-refractivity contribution in [1.29, 1.82) is 0 Å². The molecule has 4 nitrogen and oxygen atoms in total. The van der Waals surface area contributed by atoms with Gasteiger partial charge in [0, 0.05) is 18.8 Å². The van der Waals surface area contributed by atoms with Gasteiger partial charge < -0.3 is 5.32 Å². The standard InChI is InChI=1S/C18H19N3O/c1-13-7-3-5-9-16(13)19-11-12-21-14(2)20-17-10-6-4-8-15(17)18(21)22/h3-10,19H,11-12H2,1-2H3. The van der Waals surface area contributed by atoms with E-state index in [1.165, 1.54) is 5.56 Å². The average Bonchev–Trinajstić information content (AvgIpc) is 2.52. The van der Waals surface area contributed by atoms with E-state index in [9.17, 15) is 4.79 Å². The van der Waals surface area contributed by atoms with E-state index in [1.807, 2.05) is 49.4 Å². The summed E-state index contributed by atoms with van der Waals surface area (Å²) in [6.45, 7) is 5.22. The molecule has 0 atom stereocenters. The molecule has 112 valence electrons. The number of anilines is 1. The van der Waals surface area contributed by atoms with E-state index in [-0.39, 0.29) is 5.56 Å². The topological polar surface area (TPSA) is 46.9 Å². The largest absolute Gasteiger partial charge is 0.383 e. The van der Waals surface area contributed by atoms with Crippen LogP contribution in [0.2, 0.25) is 0 Å². The number of hydrogen-bond acceptors (Lipinski definition) is 3.